The van der Waals surface area contributed by atoms with Crippen LogP contribution in [0, 0.1) is 11.3 Å². The van der Waals surface area contributed by atoms with E-state index in [1.165, 1.54) is 0 Å². The van der Waals surface area contributed by atoms with Gasteiger partial charge in [0.1, 0.15) is 6.07 Å². The van der Waals surface area contributed by atoms with Crippen molar-refractivity contribution in [2.24, 2.45) is 0 Å². The minimum absolute atomic E-state index is 0.457. The molecule has 1 aromatic rings. The van der Waals surface area contributed by atoms with Crippen LogP contribution >= 0.6 is 11.6 Å². The third-order valence-electron chi connectivity index (χ3n) is 3.50. The van der Waals surface area contributed by atoms with Crippen LogP contribution in [-0.4, -0.2) is 37.6 Å². The van der Waals surface area contributed by atoms with Crippen molar-refractivity contribution in [2.75, 3.05) is 37.6 Å². The molecule has 4 heteroatoms. The van der Waals surface area contributed by atoms with Crippen LogP contribution in [0.4, 0.5) is 5.69 Å². The van der Waals surface area contributed by atoms with Crippen LogP contribution in [0.25, 0.3) is 0 Å². The summed E-state index contributed by atoms with van der Waals surface area (Å²) in [5.74, 6) is 0.457. The minimum atomic E-state index is 0.457. The maximum absolute atomic E-state index is 9.24. The summed E-state index contributed by atoms with van der Waals surface area (Å²) in [7, 11) is 0. The summed E-state index contributed by atoms with van der Waals surface area (Å²) in [6, 6.07) is 8.21. The molecular weight excluding hydrogens is 246 g/mol. The van der Waals surface area contributed by atoms with Crippen molar-refractivity contribution in [3.8, 4) is 6.07 Å². The third kappa shape index (κ3) is 2.77. The van der Waals surface area contributed by atoms with Gasteiger partial charge in [-0.3, -0.25) is 0 Å². The first-order valence-electron chi connectivity index (χ1n) is 6.34. The fraction of sp³-hybridized carbons (Fsp3) is 0.500. The van der Waals surface area contributed by atoms with Gasteiger partial charge in [-0.1, -0.05) is 13.0 Å². The van der Waals surface area contributed by atoms with Crippen molar-refractivity contribution in [1.82, 2.24) is 4.90 Å². The molecule has 1 aliphatic rings. The van der Waals surface area contributed by atoms with E-state index in [1.807, 2.05) is 18.2 Å². The highest BCUT2D eigenvalue weighted by molar-refractivity contribution is 6.17. The summed E-state index contributed by atoms with van der Waals surface area (Å²) in [4.78, 5) is 4.72. The van der Waals surface area contributed by atoms with Crippen molar-refractivity contribution < 1.29 is 0 Å². The number of nitrogens with zero attached hydrogens (tertiary/aromatic N) is 3. The van der Waals surface area contributed by atoms with E-state index in [-0.39, 0.29) is 0 Å². The normalized spacial score (nSPS) is 16.6. The molecule has 2 rings (SSSR count). The van der Waals surface area contributed by atoms with Gasteiger partial charge in [-0.2, -0.15) is 5.26 Å². The molecule has 0 radical (unpaired) electrons. The van der Waals surface area contributed by atoms with Gasteiger partial charge in [0.05, 0.1) is 11.3 Å². The number of rotatable bonds is 3. The van der Waals surface area contributed by atoms with E-state index in [0.717, 1.165) is 49.5 Å². The fourth-order valence-corrected chi connectivity index (χ4v) is 2.50. The number of benzene rings is 1. The van der Waals surface area contributed by atoms with Gasteiger partial charge in [-0.05, 0) is 24.2 Å². The monoisotopic (exact) mass is 263 g/mol. The van der Waals surface area contributed by atoms with Crippen molar-refractivity contribution in [1.29, 1.82) is 5.26 Å². The van der Waals surface area contributed by atoms with Gasteiger partial charge in [0.15, 0.2) is 0 Å². The molecule has 96 valence electrons. The average molecular weight is 264 g/mol. The molecule has 1 aliphatic heterocycles. The van der Waals surface area contributed by atoms with Crippen LogP contribution in [0.1, 0.15) is 18.1 Å². The van der Waals surface area contributed by atoms with Gasteiger partial charge < -0.3 is 9.80 Å². The van der Waals surface area contributed by atoms with Crippen LogP contribution in [0.5, 0.6) is 0 Å². The zero-order chi connectivity index (χ0) is 13.0. The SMILES string of the molecule is CCN1CCN(c2ccc(CCl)cc2C#N)CC1. The maximum atomic E-state index is 9.24. The quantitative estimate of drug-likeness (QED) is 0.785. The summed E-state index contributed by atoms with van der Waals surface area (Å²) < 4.78 is 0. The second-order valence-electron chi connectivity index (χ2n) is 4.52. The van der Waals surface area contributed by atoms with E-state index in [9.17, 15) is 5.26 Å². The molecular formula is C14H18ClN3. The van der Waals surface area contributed by atoms with Crippen LogP contribution in [0.15, 0.2) is 18.2 Å². The summed E-state index contributed by atoms with van der Waals surface area (Å²) in [5.41, 5.74) is 2.78. The predicted octanol–water partition coefficient (Wildman–Crippen LogP) is 2.44. The van der Waals surface area contributed by atoms with Crippen molar-refractivity contribution >= 4 is 17.3 Å². The molecule has 18 heavy (non-hydrogen) atoms. The topological polar surface area (TPSA) is 30.3 Å². The first-order chi connectivity index (χ1) is 8.78. The number of nitriles is 1. The molecule has 1 fully saturated rings. The first-order valence-corrected chi connectivity index (χ1v) is 6.88. The molecule has 0 saturated carbocycles. The van der Waals surface area contributed by atoms with E-state index in [4.69, 9.17) is 11.6 Å². The molecule has 0 spiro atoms. The van der Waals surface area contributed by atoms with Crippen molar-refractivity contribution in [3.63, 3.8) is 0 Å². The summed E-state index contributed by atoms with van der Waals surface area (Å²) in [6.45, 7) is 7.40. The van der Waals surface area contributed by atoms with Crippen LogP contribution in [0.2, 0.25) is 0 Å². The highest BCUT2D eigenvalue weighted by Crippen LogP contribution is 2.23. The van der Waals surface area contributed by atoms with Gasteiger partial charge >= 0.3 is 0 Å². The van der Waals surface area contributed by atoms with Gasteiger partial charge in [0, 0.05) is 32.1 Å². The number of likely N-dealkylation sites (N-methyl/N-ethyl adjacent to an activating group) is 1. The van der Waals surface area contributed by atoms with Crippen LogP contribution in [0.3, 0.4) is 0 Å². The van der Waals surface area contributed by atoms with Crippen molar-refractivity contribution in [3.05, 3.63) is 29.3 Å². The van der Waals surface area contributed by atoms with Gasteiger partial charge in [-0.25, -0.2) is 0 Å². The zero-order valence-corrected chi connectivity index (χ0v) is 11.5. The van der Waals surface area contributed by atoms with E-state index in [1.54, 1.807) is 0 Å². The Morgan fingerprint density at radius 1 is 1.28 bits per heavy atom. The summed E-state index contributed by atoms with van der Waals surface area (Å²) in [5, 5.41) is 9.24. The smallest absolute Gasteiger partial charge is 0.101 e. The predicted molar refractivity (Wildman–Crippen MR) is 75.0 cm³/mol. The van der Waals surface area contributed by atoms with E-state index in [0.29, 0.717) is 5.88 Å². The molecule has 1 aromatic carbocycles. The molecule has 1 saturated heterocycles. The lowest BCUT2D eigenvalue weighted by Crippen LogP contribution is -2.46. The first kappa shape index (κ1) is 13.2. The maximum Gasteiger partial charge on any atom is 0.101 e. The lowest BCUT2D eigenvalue weighted by atomic mass is 10.1. The Bertz CT molecular complexity index is 445. The molecule has 3 nitrogen and oxygen atoms in total. The number of alkyl halides is 1. The molecule has 1 heterocycles. The molecule has 0 atom stereocenters. The molecule has 0 unspecified atom stereocenters. The highest BCUT2D eigenvalue weighted by atomic mass is 35.5. The number of halogens is 1. The summed E-state index contributed by atoms with van der Waals surface area (Å²) >= 11 is 5.80. The molecule has 0 N–H and O–H groups in total. The van der Waals surface area contributed by atoms with Crippen LogP contribution < -0.4 is 4.90 Å². The minimum Gasteiger partial charge on any atom is -0.368 e. The van der Waals surface area contributed by atoms with Gasteiger partial charge in [-0.15, -0.1) is 11.6 Å². The van der Waals surface area contributed by atoms with E-state index < -0.39 is 0 Å². The Morgan fingerprint density at radius 3 is 2.56 bits per heavy atom. The van der Waals surface area contributed by atoms with Crippen molar-refractivity contribution in [2.45, 2.75) is 12.8 Å². The lowest BCUT2D eigenvalue weighted by Gasteiger charge is -2.36. The Labute approximate surface area is 114 Å². The Kier molecular flexibility index (Phi) is 4.46. The van der Waals surface area contributed by atoms with E-state index >= 15 is 0 Å². The third-order valence-corrected chi connectivity index (χ3v) is 3.80. The Balaban J connectivity index is 2.16. The number of anilines is 1. The zero-order valence-electron chi connectivity index (χ0n) is 10.7. The van der Waals surface area contributed by atoms with Gasteiger partial charge in [0.25, 0.3) is 0 Å². The molecule has 0 amide bonds. The summed E-state index contributed by atoms with van der Waals surface area (Å²) in [6.07, 6.45) is 0. The molecule has 0 bridgehead atoms. The second kappa shape index (κ2) is 6.08. The Morgan fingerprint density at radius 2 is 2.00 bits per heavy atom. The number of hydrogen-bond donors (Lipinski definition) is 0. The molecule has 0 aromatic heterocycles. The van der Waals surface area contributed by atoms with Gasteiger partial charge in [0.2, 0.25) is 0 Å². The molecule has 0 aliphatic carbocycles. The second-order valence-corrected chi connectivity index (χ2v) is 4.79. The highest BCUT2D eigenvalue weighted by Gasteiger charge is 2.18. The average Bonchev–Trinajstić information content (AvgIpc) is 2.46. The largest absolute Gasteiger partial charge is 0.368 e. The number of hydrogen-bond acceptors (Lipinski definition) is 3. The lowest BCUT2D eigenvalue weighted by molar-refractivity contribution is 0.271. The number of piperazine rings is 1. The standard InChI is InChI=1S/C14H18ClN3/c1-2-17-5-7-18(8-6-17)14-4-3-12(10-15)9-13(14)11-16/h3-4,9H,2,5-8,10H2,1H3. The van der Waals surface area contributed by atoms with Crippen LogP contribution in [-0.2, 0) is 5.88 Å². The van der Waals surface area contributed by atoms with E-state index in [2.05, 4.69) is 22.8 Å². The fourth-order valence-electron chi connectivity index (χ4n) is 2.34. The Hall–Kier alpha value is -1.24.